The fourth-order valence-electron chi connectivity index (χ4n) is 3.02. The van der Waals surface area contributed by atoms with Gasteiger partial charge in [-0.15, -0.1) is 11.3 Å². The third-order valence-corrected chi connectivity index (χ3v) is 5.30. The Labute approximate surface area is 142 Å². The van der Waals surface area contributed by atoms with E-state index in [2.05, 4.69) is 52.7 Å². The Hall–Kier alpha value is -1.65. The van der Waals surface area contributed by atoms with Crippen molar-refractivity contribution >= 4 is 17.2 Å². The van der Waals surface area contributed by atoms with Crippen molar-refractivity contribution in [2.24, 2.45) is 0 Å². The summed E-state index contributed by atoms with van der Waals surface area (Å²) in [5.41, 5.74) is 1.35. The van der Waals surface area contributed by atoms with Gasteiger partial charge in [0.15, 0.2) is 0 Å². The summed E-state index contributed by atoms with van der Waals surface area (Å²) in [6.07, 6.45) is 2.66. The van der Waals surface area contributed by atoms with E-state index in [0.29, 0.717) is 12.3 Å². The van der Waals surface area contributed by atoms with E-state index >= 15 is 0 Å². The standard InChI is InChI=1S/C19H24N2OS/c22-19(10-4-8-18-9-5-15-23-18)21-13-11-20(12-14-21)16-17-6-2-1-3-7-17/h1-3,5-7,9,15H,4,8,10-14,16H2. The van der Waals surface area contributed by atoms with Gasteiger partial charge >= 0.3 is 0 Å². The van der Waals surface area contributed by atoms with Crippen LogP contribution >= 0.6 is 11.3 Å². The molecule has 1 amide bonds. The number of amides is 1. The van der Waals surface area contributed by atoms with Crippen molar-refractivity contribution in [2.75, 3.05) is 26.2 Å². The highest BCUT2D eigenvalue weighted by Crippen LogP contribution is 2.14. The molecule has 4 heteroatoms. The second kappa shape index (κ2) is 8.27. The number of carbonyl (C=O) groups is 1. The first-order valence-corrected chi connectivity index (χ1v) is 9.26. The van der Waals surface area contributed by atoms with Gasteiger partial charge in [0.05, 0.1) is 0 Å². The summed E-state index contributed by atoms with van der Waals surface area (Å²) in [7, 11) is 0. The summed E-state index contributed by atoms with van der Waals surface area (Å²) in [6.45, 7) is 4.67. The maximum absolute atomic E-state index is 12.3. The molecule has 0 N–H and O–H groups in total. The van der Waals surface area contributed by atoms with E-state index in [1.807, 2.05) is 4.90 Å². The maximum Gasteiger partial charge on any atom is 0.222 e. The summed E-state index contributed by atoms with van der Waals surface area (Å²) >= 11 is 1.78. The topological polar surface area (TPSA) is 23.6 Å². The Kier molecular flexibility index (Phi) is 5.83. The van der Waals surface area contributed by atoms with Crippen molar-refractivity contribution in [3.63, 3.8) is 0 Å². The molecule has 0 saturated carbocycles. The van der Waals surface area contributed by atoms with E-state index in [9.17, 15) is 4.79 Å². The number of hydrogen-bond donors (Lipinski definition) is 0. The predicted molar refractivity (Wildman–Crippen MR) is 95.6 cm³/mol. The second-order valence-corrected chi connectivity index (χ2v) is 7.11. The van der Waals surface area contributed by atoms with Crippen molar-refractivity contribution in [1.82, 2.24) is 9.80 Å². The lowest BCUT2D eigenvalue weighted by molar-refractivity contribution is -0.133. The van der Waals surface area contributed by atoms with Crippen molar-refractivity contribution in [3.05, 3.63) is 58.3 Å². The van der Waals surface area contributed by atoms with Gasteiger partial charge in [-0.2, -0.15) is 0 Å². The number of hydrogen-bond acceptors (Lipinski definition) is 3. The number of nitrogens with zero attached hydrogens (tertiary/aromatic N) is 2. The zero-order valence-electron chi connectivity index (χ0n) is 13.5. The van der Waals surface area contributed by atoms with Gasteiger partial charge in [-0.25, -0.2) is 0 Å². The van der Waals surface area contributed by atoms with Crippen LogP contribution in [0.15, 0.2) is 47.8 Å². The minimum atomic E-state index is 0.320. The highest BCUT2D eigenvalue weighted by atomic mass is 32.1. The average molecular weight is 328 g/mol. The van der Waals surface area contributed by atoms with Crippen molar-refractivity contribution in [1.29, 1.82) is 0 Å². The Bertz CT molecular complexity index is 589. The predicted octanol–water partition coefficient (Wildman–Crippen LogP) is 3.42. The molecule has 2 heterocycles. The molecule has 0 unspecified atom stereocenters. The molecule has 0 bridgehead atoms. The van der Waals surface area contributed by atoms with Gasteiger partial charge in [0.2, 0.25) is 5.91 Å². The van der Waals surface area contributed by atoms with E-state index in [4.69, 9.17) is 0 Å². The first-order chi connectivity index (χ1) is 11.3. The smallest absolute Gasteiger partial charge is 0.222 e. The van der Waals surface area contributed by atoms with Gasteiger partial charge in [0.25, 0.3) is 0 Å². The van der Waals surface area contributed by atoms with Gasteiger partial charge in [0.1, 0.15) is 0 Å². The highest BCUT2D eigenvalue weighted by Gasteiger charge is 2.20. The normalized spacial score (nSPS) is 15.7. The molecule has 1 aliphatic heterocycles. The Morgan fingerprint density at radius 3 is 2.48 bits per heavy atom. The molecule has 1 aliphatic rings. The fraction of sp³-hybridized carbons (Fsp3) is 0.421. The summed E-state index contributed by atoms with van der Waals surface area (Å²) in [5, 5.41) is 2.10. The third-order valence-electron chi connectivity index (χ3n) is 4.37. The van der Waals surface area contributed by atoms with Crippen LogP contribution in [-0.2, 0) is 17.8 Å². The van der Waals surface area contributed by atoms with Crippen LogP contribution in [0.5, 0.6) is 0 Å². The van der Waals surface area contributed by atoms with E-state index in [1.165, 1.54) is 10.4 Å². The molecular weight excluding hydrogens is 304 g/mol. The third kappa shape index (κ3) is 4.91. The van der Waals surface area contributed by atoms with Crippen LogP contribution < -0.4 is 0 Å². The molecule has 1 fully saturated rings. The molecule has 0 radical (unpaired) electrons. The van der Waals surface area contributed by atoms with Gasteiger partial charge in [-0.05, 0) is 29.9 Å². The first kappa shape index (κ1) is 16.2. The van der Waals surface area contributed by atoms with Crippen LogP contribution in [0.1, 0.15) is 23.3 Å². The van der Waals surface area contributed by atoms with Crippen molar-refractivity contribution in [2.45, 2.75) is 25.8 Å². The molecule has 0 aliphatic carbocycles. The molecule has 3 nitrogen and oxygen atoms in total. The largest absolute Gasteiger partial charge is 0.340 e. The number of rotatable bonds is 6. The minimum absolute atomic E-state index is 0.320. The molecule has 3 rings (SSSR count). The molecule has 0 atom stereocenters. The van der Waals surface area contributed by atoms with Crippen molar-refractivity contribution in [3.8, 4) is 0 Å². The monoisotopic (exact) mass is 328 g/mol. The molecule has 1 aromatic heterocycles. The Morgan fingerprint density at radius 1 is 1.00 bits per heavy atom. The lowest BCUT2D eigenvalue weighted by Gasteiger charge is -2.34. The lowest BCUT2D eigenvalue weighted by Crippen LogP contribution is -2.48. The van der Waals surface area contributed by atoms with Crippen LogP contribution in [0, 0.1) is 0 Å². The number of aryl methyl sites for hydroxylation is 1. The Balaban J connectivity index is 1.37. The molecule has 0 spiro atoms. The number of carbonyl (C=O) groups excluding carboxylic acids is 1. The zero-order chi connectivity index (χ0) is 15.9. The second-order valence-electron chi connectivity index (χ2n) is 6.08. The van der Waals surface area contributed by atoms with Crippen LogP contribution in [0.3, 0.4) is 0 Å². The SMILES string of the molecule is O=C(CCCc1cccs1)N1CCN(Cc2ccccc2)CC1. The maximum atomic E-state index is 12.3. The number of piperazine rings is 1. The highest BCUT2D eigenvalue weighted by molar-refractivity contribution is 7.09. The summed E-state index contributed by atoms with van der Waals surface area (Å²) < 4.78 is 0. The van der Waals surface area contributed by atoms with Crippen LogP contribution in [-0.4, -0.2) is 41.9 Å². The van der Waals surface area contributed by atoms with E-state index in [-0.39, 0.29) is 0 Å². The minimum Gasteiger partial charge on any atom is -0.340 e. The van der Waals surface area contributed by atoms with Gasteiger partial charge in [-0.1, -0.05) is 36.4 Å². The van der Waals surface area contributed by atoms with Gasteiger partial charge in [-0.3, -0.25) is 9.69 Å². The summed E-state index contributed by atoms with van der Waals surface area (Å²) in [6, 6.07) is 14.8. The van der Waals surface area contributed by atoms with E-state index in [1.54, 1.807) is 11.3 Å². The zero-order valence-corrected chi connectivity index (χ0v) is 14.3. The van der Waals surface area contributed by atoms with E-state index < -0.39 is 0 Å². The number of benzene rings is 1. The van der Waals surface area contributed by atoms with Gasteiger partial charge in [0, 0.05) is 44.0 Å². The molecular formula is C19H24N2OS. The fourth-order valence-corrected chi connectivity index (χ4v) is 3.78. The molecule has 1 saturated heterocycles. The van der Waals surface area contributed by atoms with Crippen molar-refractivity contribution < 1.29 is 4.79 Å². The molecule has 1 aromatic carbocycles. The van der Waals surface area contributed by atoms with Gasteiger partial charge < -0.3 is 4.90 Å². The Morgan fingerprint density at radius 2 is 1.78 bits per heavy atom. The van der Waals surface area contributed by atoms with Crippen LogP contribution in [0.2, 0.25) is 0 Å². The molecule has 23 heavy (non-hydrogen) atoms. The first-order valence-electron chi connectivity index (χ1n) is 8.38. The summed E-state index contributed by atoms with van der Waals surface area (Å²) in [4.78, 5) is 18.2. The lowest BCUT2D eigenvalue weighted by atomic mass is 10.1. The average Bonchev–Trinajstić information content (AvgIpc) is 3.10. The summed E-state index contributed by atoms with van der Waals surface area (Å²) in [5.74, 6) is 0.320. The van der Waals surface area contributed by atoms with Crippen LogP contribution in [0.4, 0.5) is 0 Å². The quantitative estimate of drug-likeness (QED) is 0.811. The number of thiophene rings is 1. The molecule has 122 valence electrons. The van der Waals surface area contributed by atoms with Crippen LogP contribution in [0.25, 0.3) is 0 Å². The van der Waals surface area contributed by atoms with E-state index in [0.717, 1.165) is 45.6 Å². The molecule has 2 aromatic rings.